The van der Waals surface area contributed by atoms with Gasteiger partial charge in [0.15, 0.2) is 0 Å². The zero-order chi connectivity index (χ0) is 15.4. The molecule has 118 valence electrons. The van der Waals surface area contributed by atoms with Crippen LogP contribution in [0.1, 0.15) is 34.1 Å². The van der Waals surface area contributed by atoms with Crippen molar-refractivity contribution < 1.29 is 22.7 Å². The predicted octanol–water partition coefficient (Wildman–Crippen LogP) is 4.78. The van der Waals surface area contributed by atoms with Crippen molar-refractivity contribution >= 4 is 29.3 Å². The van der Waals surface area contributed by atoms with Gasteiger partial charge in [-0.15, -0.1) is 11.6 Å². The Kier molecular flexibility index (Phi) is 17.0. The molecule has 0 rings (SSSR count). The number of likely N-dealkylation sites (N-methyl/N-ethyl adjacent to an activating group) is 1. The molecule has 0 atom stereocenters. The van der Waals surface area contributed by atoms with Gasteiger partial charge in [0.25, 0.3) is 0 Å². The first-order valence-electron chi connectivity index (χ1n) is 6.27. The van der Waals surface area contributed by atoms with E-state index in [1.54, 1.807) is 0 Å². The standard InChI is InChI=1S/C13H26ClNOP.ClH.Pd/c1-11(2)17(12(3)4)16-9-7-8-13(14)10-15(5)6;;/h11-12H,7,9-10H2,1-6H3;1H;/q-1;;+2/p-1. The van der Waals surface area contributed by atoms with E-state index < -0.39 is 0 Å². The Hall–Kier alpha value is 1.33. The van der Waals surface area contributed by atoms with E-state index >= 15 is 0 Å². The average Bonchev–Trinajstić information content (AvgIpc) is 2.29. The van der Waals surface area contributed by atoms with Crippen molar-refractivity contribution in [2.45, 2.75) is 45.4 Å². The van der Waals surface area contributed by atoms with Crippen LogP contribution in [0.15, 0.2) is 5.03 Å². The summed E-state index contributed by atoms with van der Waals surface area (Å²) in [4.78, 5) is 2.03. The van der Waals surface area contributed by atoms with E-state index in [1.165, 1.54) is 0 Å². The molecule has 6 heteroatoms. The van der Waals surface area contributed by atoms with Crippen molar-refractivity contribution in [1.29, 1.82) is 0 Å². The fraction of sp³-hybridized carbons (Fsp3) is 0.846. The first-order valence-corrected chi connectivity index (χ1v) is 10.1. The molecule has 0 N–H and O–H groups in total. The summed E-state index contributed by atoms with van der Waals surface area (Å²) in [7, 11) is 8.15. The molecule has 0 amide bonds. The van der Waals surface area contributed by atoms with E-state index in [-0.39, 0.29) is 8.15 Å². The molecule has 0 unspecified atom stereocenters. The molecule has 0 aromatic heterocycles. The van der Waals surface area contributed by atoms with Crippen LogP contribution in [-0.4, -0.2) is 43.5 Å². The van der Waals surface area contributed by atoms with E-state index in [4.69, 9.17) is 16.1 Å². The molecule has 0 spiro atoms. The van der Waals surface area contributed by atoms with E-state index in [1.807, 2.05) is 19.0 Å². The first-order chi connectivity index (χ1) is 8.84. The zero-order valence-corrected chi connectivity index (χ0v) is 16.6. The molecular formula is C13H26Cl2NOPPd. The number of hydrogen-bond acceptors (Lipinski definition) is 2. The number of rotatable bonds is 8. The molecule has 0 fully saturated rings. The van der Waals surface area contributed by atoms with Crippen molar-refractivity contribution in [1.82, 2.24) is 4.90 Å². The van der Waals surface area contributed by atoms with Gasteiger partial charge in [0, 0.05) is 21.3 Å². The summed E-state index contributed by atoms with van der Waals surface area (Å²) in [5, 5.41) is 0.775. The summed E-state index contributed by atoms with van der Waals surface area (Å²) in [6.45, 7) is 10.4. The van der Waals surface area contributed by atoms with E-state index in [2.05, 4.69) is 61.5 Å². The molecule has 0 bridgehead atoms. The van der Waals surface area contributed by atoms with Gasteiger partial charge < -0.3 is 15.5 Å². The van der Waals surface area contributed by atoms with Gasteiger partial charge in [-0.2, -0.15) is 11.5 Å². The molecule has 0 aliphatic carbocycles. The Morgan fingerprint density at radius 2 is 1.68 bits per heavy atom. The van der Waals surface area contributed by atoms with Crippen LogP contribution in [0.5, 0.6) is 0 Å². The van der Waals surface area contributed by atoms with Gasteiger partial charge in [0.05, 0.1) is 0 Å². The van der Waals surface area contributed by atoms with E-state index in [0.29, 0.717) is 11.3 Å². The van der Waals surface area contributed by atoms with Crippen LogP contribution in [0.2, 0.25) is 0 Å². The summed E-state index contributed by atoms with van der Waals surface area (Å²) in [6, 6.07) is 0. The SMILES string of the molecule is CC(C)P(OCC[C-]=C(Cl)CN(C)C)C(C)C.[Cl][Pd+]. The normalized spacial score (nSPS) is 12.4. The number of halogens is 2. The first kappa shape index (κ1) is 22.6. The third kappa shape index (κ3) is 14.0. The fourth-order valence-electron chi connectivity index (χ4n) is 1.57. The van der Waals surface area contributed by atoms with Crippen molar-refractivity contribution in [2.75, 3.05) is 27.2 Å². The van der Waals surface area contributed by atoms with Crippen LogP contribution >= 0.6 is 29.3 Å². The fourth-order valence-corrected chi connectivity index (χ4v) is 3.99. The molecule has 19 heavy (non-hydrogen) atoms. The minimum atomic E-state index is -0.329. The van der Waals surface area contributed by atoms with Crippen LogP contribution in [-0.2, 0) is 22.7 Å². The van der Waals surface area contributed by atoms with Gasteiger partial charge in [-0.3, -0.25) is 0 Å². The quantitative estimate of drug-likeness (QED) is 0.242. The summed E-state index contributed by atoms with van der Waals surface area (Å²) < 4.78 is 5.94. The van der Waals surface area contributed by atoms with Crippen LogP contribution < -0.4 is 0 Å². The van der Waals surface area contributed by atoms with Crippen LogP contribution in [0.3, 0.4) is 0 Å². The molecule has 0 heterocycles. The molecule has 0 saturated heterocycles. The monoisotopic (exact) mass is 419 g/mol. The molecule has 2 nitrogen and oxygen atoms in total. The second-order valence-corrected chi connectivity index (χ2v) is 8.45. The Bertz CT molecular complexity index is 231. The number of nitrogens with zero attached hydrogens (tertiary/aromatic N) is 1. The summed E-state index contributed by atoms with van der Waals surface area (Å²) in [5.74, 6) is 0. The number of hydrogen-bond donors (Lipinski definition) is 0. The maximum absolute atomic E-state index is 6.03. The second-order valence-electron chi connectivity index (χ2n) is 4.95. The Morgan fingerprint density at radius 3 is 2.05 bits per heavy atom. The van der Waals surface area contributed by atoms with Crippen molar-refractivity contribution in [3.05, 3.63) is 11.1 Å². The van der Waals surface area contributed by atoms with Crippen LogP contribution in [0.4, 0.5) is 0 Å². The van der Waals surface area contributed by atoms with Gasteiger partial charge in [-0.05, 0) is 25.4 Å². The molecule has 0 aliphatic rings. The molecule has 0 aromatic rings. The molecule has 0 aromatic carbocycles. The average molecular weight is 421 g/mol. The summed E-state index contributed by atoms with van der Waals surface area (Å²) in [5.41, 5.74) is 1.23. The Morgan fingerprint density at radius 1 is 1.21 bits per heavy atom. The van der Waals surface area contributed by atoms with Gasteiger partial charge in [-0.1, -0.05) is 27.7 Å². The van der Waals surface area contributed by atoms with E-state index in [9.17, 15) is 0 Å². The van der Waals surface area contributed by atoms with Gasteiger partial charge in [0.1, 0.15) is 0 Å². The van der Waals surface area contributed by atoms with Gasteiger partial charge >= 0.3 is 27.7 Å². The van der Waals surface area contributed by atoms with E-state index in [0.717, 1.165) is 24.6 Å². The molecular weight excluding hydrogens is 394 g/mol. The Balaban J connectivity index is 0. The molecule has 0 aliphatic heterocycles. The second kappa shape index (κ2) is 14.3. The van der Waals surface area contributed by atoms with Crippen LogP contribution in [0, 0.1) is 6.08 Å². The van der Waals surface area contributed by atoms with Crippen molar-refractivity contribution in [3.63, 3.8) is 0 Å². The molecule has 0 radical (unpaired) electrons. The summed E-state index contributed by atoms with van der Waals surface area (Å²) in [6.07, 6.45) is 3.96. The zero-order valence-electron chi connectivity index (χ0n) is 12.7. The maximum atomic E-state index is 6.03. The van der Waals surface area contributed by atoms with Gasteiger partial charge in [0.2, 0.25) is 0 Å². The topological polar surface area (TPSA) is 12.5 Å². The van der Waals surface area contributed by atoms with Gasteiger partial charge in [-0.25, -0.2) is 0 Å². The molecule has 0 saturated carbocycles. The summed E-state index contributed by atoms with van der Waals surface area (Å²) >= 11 is 8.25. The third-order valence-corrected chi connectivity index (χ3v) is 4.90. The van der Waals surface area contributed by atoms with Crippen molar-refractivity contribution in [2.24, 2.45) is 0 Å². The van der Waals surface area contributed by atoms with Crippen LogP contribution in [0.25, 0.3) is 0 Å². The Labute approximate surface area is 140 Å². The minimum absolute atomic E-state index is 0.329. The third-order valence-electron chi connectivity index (χ3n) is 2.13. The van der Waals surface area contributed by atoms with Crippen molar-refractivity contribution in [3.8, 4) is 0 Å². The predicted molar refractivity (Wildman–Crippen MR) is 84.8 cm³/mol.